The Bertz CT molecular complexity index is 766. The summed E-state index contributed by atoms with van der Waals surface area (Å²) in [6.07, 6.45) is 0.213. The van der Waals surface area contributed by atoms with Crippen LogP contribution in [0.3, 0.4) is 0 Å². The maximum Gasteiger partial charge on any atom is 0.336 e. The molecule has 2 heterocycles. The topological polar surface area (TPSA) is 81.2 Å². The number of allylic oxidation sites excluding steroid dienone is 1. The van der Waals surface area contributed by atoms with Gasteiger partial charge in [-0.3, -0.25) is 4.79 Å². The van der Waals surface area contributed by atoms with E-state index >= 15 is 0 Å². The Morgan fingerprint density at radius 1 is 1.38 bits per heavy atom. The van der Waals surface area contributed by atoms with Crippen LogP contribution in [-0.4, -0.2) is 27.7 Å². The summed E-state index contributed by atoms with van der Waals surface area (Å²) in [5.41, 5.74) is 3.47. The molecule has 1 aliphatic rings. The lowest BCUT2D eigenvalue weighted by Gasteiger charge is -2.26. The second kappa shape index (κ2) is 5.25. The van der Waals surface area contributed by atoms with Crippen LogP contribution in [-0.2, 0) is 14.3 Å². The zero-order valence-electron chi connectivity index (χ0n) is 11.5. The SMILES string of the molecule is COC(=O)C1=C(C)NC(=O)C[C@H]1c1ccc2nsnc2c1. The van der Waals surface area contributed by atoms with E-state index in [4.69, 9.17) is 4.74 Å². The smallest absolute Gasteiger partial charge is 0.336 e. The Morgan fingerprint density at radius 2 is 2.14 bits per heavy atom. The molecule has 6 nitrogen and oxygen atoms in total. The van der Waals surface area contributed by atoms with Crippen molar-refractivity contribution >= 4 is 34.6 Å². The molecule has 1 atom stereocenters. The third kappa shape index (κ3) is 2.40. The quantitative estimate of drug-likeness (QED) is 0.855. The van der Waals surface area contributed by atoms with E-state index in [9.17, 15) is 9.59 Å². The summed E-state index contributed by atoms with van der Waals surface area (Å²) in [4.78, 5) is 23.8. The van der Waals surface area contributed by atoms with Crippen LogP contribution in [0.2, 0.25) is 0 Å². The molecule has 0 spiro atoms. The maximum absolute atomic E-state index is 12.0. The van der Waals surface area contributed by atoms with Gasteiger partial charge in [0.25, 0.3) is 0 Å². The fourth-order valence-corrected chi connectivity index (χ4v) is 3.10. The van der Waals surface area contributed by atoms with Crippen molar-refractivity contribution in [1.82, 2.24) is 14.1 Å². The van der Waals surface area contributed by atoms with E-state index in [1.54, 1.807) is 6.92 Å². The van der Waals surface area contributed by atoms with E-state index in [2.05, 4.69) is 14.1 Å². The van der Waals surface area contributed by atoms with Gasteiger partial charge in [0.05, 0.1) is 24.4 Å². The average molecular weight is 303 g/mol. The Balaban J connectivity index is 2.10. The molecular formula is C14H13N3O3S. The first-order chi connectivity index (χ1) is 10.1. The third-order valence-corrected chi connectivity index (χ3v) is 4.11. The number of nitrogens with one attached hydrogen (secondary N) is 1. The number of aromatic nitrogens is 2. The van der Waals surface area contributed by atoms with Crippen LogP contribution in [0.1, 0.15) is 24.8 Å². The zero-order valence-corrected chi connectivity index (χ0v) is 12.4. The first-order valence-corrected chi connectivity index (χ1v) is 7.14. The van der Waals surface area contributed by atoms with Crippen LogP contribution < -0.4 is 5.32 Å². The third-order valence-electron chi connectivity index (χ3n) is 3.55. The largest absolute Gasteiger partial charge is 0.466 e. The Labute approximate surface area is 125 Å². The molecule has 0 aliphatic carbocycles. The number of fused-ring (bicyclic) bond motifs is 1. The van der Waals surface area contributed by atoms with Crippen LogP contribution >= 0.6 is 11.7 Å². The molecule has 21 heavy (non-hydrogen) atoms. The Morgan fingerprint density at radius 3 is 2.90 bits per heavy atom. The first kappa shape index (κ1) is 13.7. The number of amides is 1. The van der Waals surface area contributed by atoms with Crippen molar-refractivity contribution in [3.63, 3.8) is 0 Å². The second-order valence-corrected chi connectivity index (χ2v) is 5.38. The van der Waals surface area contributed by atoms with Crippen LogP contribution in [0.15, 0.2) is 29.5 Å². The molecule has 1 aromatic heterocycles. The van der Waals surface area contributed by atoms with Crippen molar-refractivity contribution in [2.24, 2.45) is 0 Å². The second-order valence-electron chi connectivity index (χ2n) is 4.85. The molecule has 2 aromatic rings. The lowest BCUT2D eigenvalue weighted by molar-refractivity contribution is -0.136. The van der Waals surface area contributed by atoms with Gasteiger partial charge in [-0.05, 0) is 24.6 Å². The van der Waals surface area contributed by atoms with Gasteiger partial charge in [-0.15, -0.1) is 0 Å². The van der Waals surface area contributed by atoms with Gasteiger partial charge in [0, 0.05) is 18.0 Å². The molecule has 0 fully saturated rings. The van der Waals surface area contributed by atoms with Gasteiger partial charge in [0.15, 0.2) is 0 Å². The van der Waals surface area contributed by atoms with Crippen molar-refractivity contribution < 1.29 is 14.3 Å². The predicted octanol–water partition coefficient (Wildman–Crippen LogP) is 1.74. The Hall–Kier alpha value is -2.28. The lowest BCUT2D eigenvalue weighted by atomic mass is 9.84. The molecule has 0 unspecified atom stereocenters. The minimum atomic E-state index is -0.422. The van der Waals surface area contributed by atoms with E-state index in [-0.39, 0.29) is 18.2 Å². The molecule has 1 aromatic carbocycles. The van der Waals surface area contributed by atoms with Crippen LogP contribution in [0.4, 0.5) is 0 Å². The summed E-state index contributed by atoms with van der Waals surface area (Å²) >= 11 is 1.14. The van der Waals surface area contributed by atoms with E-state index in [1.165, 1.54) is 7.11 Å². The fraction of sp³-hybridized carbons (Fsp3) is 0.286. The molecule has 3 rings (SSSR count). The van der Waals surface area contributed by atoms with Crippen molar-refractivity contribution in [3.8, 4) is 0 Å². The normalized spacial score (nSPS) is 18.8. The summed E-state index contributed by atoms with van der Waals surface area (Å²) in [5, 5.41) is 2.69. The highest BCUT2D eigenvalue weighted by atomic mass is 32.1. The van der Waals surface area contributed by atoms with Crippen LogP contribution in [0, 0.1) is 0 Å². The molecule has 108 valence electrons. The predicted molar refractivity (Wildman–Crippen MR) is 77.6 cm³/mol. The van der Waals surface area contributed by atoms with Gasteiger partial charge in [-0.2, -0.15) is 8.75 Å². The minimum absolute atomic E-state index is 0.110. The van der Waals surface area contributed by atoms with Gasteiger partial charge in [-0.25, -0.2) is 4.79 Å². The van der Waals surface area contributed by atoms with E-state index in [0.717, 1.165) is 28.3 Å². The standard InChI is InChI=1S/C14H13N3O3S/c1-7-13(14(19)20-2)9(6-12(18)15-7)8-3-4-10-11(5-8)17-21-16-10/h3-5,9H,6H2,1-2H3,(H,15,18)/t9-/m0/s1. The highest BCUT2D eigenvalue weighted by Gasteiger charge is 2.32. The molecular weight excluding hydrogens is 290 g/mol. The number of nitrogens with zero attached hydrogens (tertiary/aromatic N) is 2. The molecule has 1 aliphatic heterocycles. The minimum Gasteiger partial charge on any atom is -0.466 e. The number of carbonyl (C=O) groups is 2. The Kier molecular flexibility index (Phi) is 3.42. The molecule has 0 saturated heterocycles. The van der Waals surface area contributed by atoms with Crippen molar-refractivity contribution in [3.05, 3.63) is 35.0 Å². The van der Waals surface area contributed by atoms with Crippen molar-refractivity contribution in [2.45, 2.75) is 19.3 Å². The average Bonchev–Trinajstić information content (AvgIpc) is 2.93. The molecule has 1 N–H and O–H groups in total. The van der Waals surface area contributed by atoms with Crippen LogP contribution in [0.25, 0.3) is 11.0 Å². The number of hydrogen-bond donors (Lipinski definition) is 1. The van der Waals surface area contributed by atoms with Crippen molar-refractivity contribution in [1.29, 1.82) is 0 Å². The van der Waals surface area contributed by atoms with Gasteiger partial charge in [-0.1, -0.05) is 6.07 Å². The number of benzene rings is 1. The molecule has 0 bridgehead atoms. The number of ether oxygens (including phenoxy) is 1. The van der Waals surface area contributed by atoms with Gasteiger partial charge in [0.1, 0.15) is 11.0 Å². The van der Waals surface area contributed by atoms with Crippen molar-refractivity contribution in [2.75, 3.05) is 7.11 Å². The van der Waals surface area contributed by atoms with E-state index < -0.39 is 5.97 Å². The van der Waals surface area contributed by atoms with Gasteiger partial charge in [0.2, 0.25) is 5.91 Å². The highest BCUT2D eigenvalue weighted by molar-refractivity contribution is 7.00. The summed E-state index contributed by atoms with van der Waals surface area (Å²) in [6.45, 7) is 1.71. The number of carbonyl (C=O) groups excluding carboxylic acids is 2. The molecule has 7 heteroatoms. The lowest BCUT2D eigenvalue weighted by Crippen LogP contribution is -2.34. The summed E-state index contributed by atoms with van der Waals surface area (Å²) in [5.74, 6) is -0.854. The molecule has 1 amide bonds. The number of rotatable bonds is 2. The monoisotopic (exact) mass is 303 g/mol. The number of methoxy groups -OCH3 is 1. The molecule has 0 radical (unpaired) electrons. The van der Waals surface area contributed by atoms with E-state index in [0.29, 0.717) is 11.3 Å². The first-order valence-electron chi connectivity index (χ1n) is 6.41. The summed E-state index contributed by atoms with van der Waals surface area (Å²) < 4.78 is 13.2. The van der Waals surface area contributed by atoms with Gasteiger partial charge < -0.3 is 10.1 Å². The fourth-order valence-electron chi connectivity index (χ4n) is 2.58. The summed E-state index contributed by atoms with van der Waals surface area (Å²) in [6, 6.07) is 5.60. The van der Waals surface area contributed by atoms with Gasteiger partial charge >= 0.3 is 5.97 Å². The highest BCUT2D eigenvalue weighted by Crippen LogP contribution is 2.34. The van der Waals surface area contributed by atoms with E-state index in [1.807, 2.05) is 18.2 Å². The summed E-state index contributed by atoms with van der Waals surface area (Å²) in [7, 11) is 1.34. The molecule has 0 saturated carbocycles. The maximum atomic E-state index is 12.0. The zero-order chi connectivity index (χ0) is 15.0. The van der Waals surface area contributed by atoms with Crippen LogP contribution in [0.5, 0.6) is 0 Å². The number of hydrogen-bond acceptors (Lipinski definition) is 6. The number of esters is 1.